The Balaban J connectivity index is 1.70. The van der Waals surface area contributed by atoms with Crippen molar-refractivity contribution in [3.8, 4) is 0 Å². The molecule has 0 heterocycles. The molecule has 1 aliphatic carbocycles. The standard InChI is InChI=1S/C19H26BrNO3S/c1-13-10-16(20)8-9-17(13)25-12-18(22)24-14(2)19(23)21-11-15-6-4-3-5-7-15/h8-10,14-15H,3-7,11-12H2,1-2H3,(H,21,23)/t14-/m0/s1. The second kappa shape index (κ2) is 10.2. The zero-order valence-corrected chi connectivity index (χ0v) is 17.2. The fourth-order valence-electron chi connectivity index (χ4n) is 2.98. The number of benzene rings is 1. The molecule has 25 heavy (non-hydrogen) atoms. The van der Waals surface area contributed by atoms with Crippen molar-refractivity contribution >= 4 is 39.6 Å². The van der Waals surface area contributed by atoms with Gasteiger partial charge in [-0.15, -0.1) is 11.8 Å². The molecule has 0 spiro atoms. The molecule has 0 bridgehead atoms. The van der Waals surface area contributed by atoms with Gasteiger partial charge in [-0.25, -0.2) is 0 Å². The Hall–Kier alpha value is -1.01. The van der Waals surface area contributed by atoms with Gasteiger partial charge in [-0.2, -0.15) is 0 Å². The molecule has 0 unspecified atom stereocenters. The first kappa shape index (κ1) is 20.3. The third-order valence-electron chi connectivity index (χ3n) is 4.45. The normalized spacial score (nSPS) is 16.3. The molecular formula is C19H26BrNO3S. The van der Waals surface area contributed by atoms with Crippen molar-refractivity contribution < 1.29 is 14.3 Å². The number of hydrogen-bond acceptors (Lipinski definition) is 4. The van der Waals surface area contributed by atoms with Gasteiger partial charge >= 0.3 is 5.97 Å². The van der Waals surface area contributed by atoms with Gasteiger partial charge in [0.05, 0.1) is 5.75 Å². The highest BCUT2D eigenvalue weighted by molar-refractivity contribution is 9.10. The van der Waals surface area contributed by atoms with Gasteiger partial charge in [0, 0.05) is 15.9 Å². The highest BCUT2D eigenvalue weighted by Gasteiger charge is 2.20. The molecule has 0 saturated heterocycles. The highest BCUT2D eigenvalue weighted by Crippen LogP contribution is 2.25. The summed E-state index contributed by atoms with van der Waals surface area (Å²) in [5.74, 6) is 0.191. The van der Waals surface area contributed by atoms with E-state index in [1.54, 1.807) is 6.92 Å². The van der Waals surface area contributed by atoms with E-state index in [4.69, 9.17) is 4.74 Å². The lowest BCUT2D eigenvalue weighted by Gasteiger charge is -2.22. The molecule has 1 aliphatic rings. The van der Waals surface area contributed by atoms with Gasteiger partial charge in [0.1, 0.15) is 0 Å². The summed E-state index contributed by atoms with van der Waals surface area (Å²) < 4.78 is 6.27. The van der Waals surface area contributed by atoms with E-state index in [1.165, 1.54) is 43.9 Å². The minimum atomic E-state index is -0.747. The van der Waals surface area contributed by atoms with Crippen LogP contribution < -0.4 is 5.32 Å². The third-order valence-corrected chi connectivity index (χ3v) is 6.09. The van der Waals surface area contributed by atoms with Crippen molar-refractivity contribution in [3.05, 3.63) is 28.2 Å². The quantitative estimate of drug-likeness (QED) is 0.514. The highest BCUT2D eigenvalue weighted by atomic mass is 79.9. The first-order valence-corrected chi connectivity index (χ1v) is 10.6. The van der Waals surface area contributed by atoms with Gasteiger partial charge in [-0.3, -0.25) is 9.59 Å². The van der Waals surface area contributed by atoms with Crippen molar-refractivity contribution in [3.63, 3.8) is 0 Å². The zero-order chi connectivity index (χ0) is 18.2. The van der Waals surface area contributed by atoms with Gasteiger partial charge in [0.2, 0.25) is 0 Å². The number of carbonyl (C=O) groups excluding carboxylic acids is 2. The third kappa shape index (κ3) is 7.02. The molecule has 2 rings (SSSR count). The molecule has 6 heteroatoms. The lowest BCUT2D eigenvalue weighted by Crippen LogP contribution is -2.39. The Morgan fingerprint density at radius 2 is 2.04 bits per heavy atom. The van der Waals surface area contributed by atoms with Crippen molar-refractivity contribution in [1.29, 1.82) is 0 Å². The van der Waals surface area contributed by atoms with Crippen LogP contribution in [0.15, 0.2) is 27.6 Å². The van der Waals surface area contributed by atoms with E-state index in [2.05, 4.69) is 21.2 Å². The maximum Gasteiger partial charge on any atom is 0.317 e. The second-order valence-electron chi connectivity index (χ2n) is 6.58. The van der Waals surface area contributed by atoms with E-state index in [0.29, 0.717) is 12.5 Å². The average molecular weight is 428 g/mol. The number of hydrogen-bond donors (Lipinski definition) is 1. The Labute approximate surface area is 162 Å². The smallest absolute Gasteiger partial charge is 0.317 e. The van der Waals surface area contributed by atoms with Crippen LogP contribution in [0.4, 0.5) is 0 Å². The van der Waals surface area contributed by atoms with E-state index >= 15 is 0 Å². The van der Waals surface area contributed by atoms with E-state index in [1.807, 2.05) is 25.1 Å². The van der Waals surface area contributed by atoms with Crippen molar-refractivity contribution in [1.82, 2.24) is 5.32 Å². The largest absolute Gasteiger partial charge is 0.452 e. The summed E-state index contributed by atoms with van der Waals surface area (Å²) in [7, 11) is 0. The van der Waals surface area contributed by atoms with E-state index in [-0.39, 0.29) is 17.6 Å². The van der Waals surface area contributed by atoms with Crippen molar-refractivity contribution in [2.24, 2.45) is 5.92 Å². The number of carbonyl (C=O) groups is 2. The van der Waals surface area contributed by atoms with Gasteiger partial charge in [0.15, 0.2) is 6.10 Å². The lowest BCUT2D eigenvalue weighted by molar-refractivity contribution is -0.152. The van der Waals surface area contributed by atoms with Crippen LogP contribution in [-0.2, 0) is 14.3 Å². The molecule has 1 aromatic carbocycles. The maximum atomic E-state index is 12.1. The molecule has 0 radical (unpaired) electrons. The Kier molecular flexibility index (Phi) is 8.30. The predicted molar refractivity (Wildman–Crippen MR) is 105 cm³/mol. The van der Waals surface area contributed by atoms with Crippen LogP contribution in [0.2, 0.25) is 0 Å². The maximum absolute atomic E-state index is 12.1. The second-order valence-corrected chi connectivity index (χ2v) is 8.51. The molecule has 0 aliphatic heterocycles. The van der Waals surface area contributed by atoms with Crippen LogP contribution in [0.1, 0.15) is 44.6 Å². The molecule has 0 aromatic heterocycles. The predicted octanol–water partition coefficient (Wildman–Crippen LogP) is 4.48. The molecule has 1 N–H and O–H groups in total. The van der Waals surface area contributed by atoms with Crippen LogP contribution >= 0.6 is 27.7 Å². The van der Waals surface area contributed by atoms with E-state index in [9.17, 15) is 9.59 Å². The number of esters is 1. The lowest BCUT2D eigenvalue weighted by atomic mass is 9.89. The summed E-state index contributed by atoms with van der Waals surface area (Å²) in [5.41, 5.74) is 1.10. The summed E-state index contributed by atoms with van der Waals surface area (Å²) in [6.45, 7) is 4.32. The van der Waals surface area contributed by atoms with Crippen molar-refractivity contribution in [2.45, 2.75) is 57.0 Å². The number of rotatable bonds is 7. The topological polar surface area (TPSA) is 55.4 Å². The van der Waals surface area contributed by atoms with Gasteiger partial charge < -0.3 is 10.1 Å². The SMILES string of the molecule is Cc1cc(Br)ccc1SCC(=O)O[C@@H](C)C(=O)NCC1CCCCC1. The zero-order valence-electron chi connectivity index (χ0n) is 14.8. The average Bonchev–Trinajstić information content (AvgIpc) is 2.59. The molecule has 1 amide bonds. The van der Waals surface area contributed by atoms with E-state index in [0.717, 1.165) is 14.9 Å². The first-order valence-electron chi connectivity index (χ1n) is 8.82. The number of halogens is 1. The number of thioether (sulfide) groups is 1. The number of amides is 1. The van der Waals surface area contributed by atoms with Crippen LogP contribution in [0, 0.1) is 12.8 Å². The van der Waals surface area contributed by atoms with Gasteiger partial charge in [-0.05, 0) is 56.4 Å². The summed E-state index contributed by atoms with van der Waals surface area (Å²) in [6.07, 6.45) is 5.40. The number of ether oxygens (including phenoxy) is 1. The van der Waals surface area contributed by atoms with Gasteiger partial charge in [-0.1, -0.05) is 35.2 Å². The minimum Gasteiger partial charge on any atom is -0.452 e. The number of aryl methyl sites for hydroxylation is 1. The fraction of sp³-hybridized carbons (Fsp3) is 0.579. The van der Waals surface area contributed by atoms with Crippen LogP contribution in [0.3, 0.4) is 0 Å². The first-order chi connectivity index (χ1) is 12.0. The summed E-state index contributed by atoms with van der Waals surface area (Å²) in [5, 5.41) is 2.92. The van der Waals surface area contributed by atoms with Gasteiger partial charge in [0.25, 0.3) is 5.91 Å². The Bertz CT molecular complexity index is 602. The number of nitrogens with one attached hydrogen (secondary N) is 1. The molecule has 138 valence electrons. The molecular weight excluding hydrogens is 402 g/mol. The van der Waals surface area contributed by atoms with E-state index < -0.39 is 6.10 Å². The minimum absolute atomic E-state index is 0.197. The monoisotopic (exact) mass is 427 g/mol. The van der Waals surface area contributed by atoms with Crippen LogP contribution in [-0.4, -0.2) is 30.3 Å². The Morgan fingerprint density at radius 3 is 2.72 bits per heavy atom. The summed E-state index contributed by atoms with van der Waals surface area (Å²) >= 11 is 4.85. The molecule has 4 nitrogen and oxygen atoms in total. The van der Waals surface area contributed by atoms with Crippen LogP contribution in [0.25, 0.3) is 0 Å². The molecule has 1 fully saturated rings. The molecule has 1 saturated carbocycles. The fourth-order valence-corrected chi connectivity index (χ4v) is 4.24. The summed E-state index contributed by atoms with van der Waals surface area (Å²) in [6, 6.07) is 5.93. The van der Waals surface area contributed by atoms with Crippen LogP contribution in [0.5, 0.6) is 0 Å². The van der Waals surface area contributed by atoms with Crippen molar-refractivity contribution in [2.75, 3.05) is 12.3 Å². The molecule has 1 aromatic rings. The Morgan fingerprint density at radius 1 is 1.32 bits per heavy atom. The summed E-state index contributed by atoms with van der Waals surface area (Å²) in [4.78, 5) is 25.1. The molecule has 1 atom stereocenters.